The Labute approximate surface area is 116 Å². The van der Waals surface area contributed by atoms with E-state index in [0.717, 1.165) is 13.1 Å². The summed E-state index contributed by atoms with van der Waals surface area (Å²) in [5, 5.41) is 10.3. The van der Waals surface area contributed by atoms with Crippen molar-refractivity contribution >= 4 is 17.8 Å². The number of ether oxygens (including phenoxy) is 1. The highest BCUT2D eigenvalue weighted by atomic mass is 16.5. The van der Waals surface area contributed by atoms with Crippen molar-refractivity contribution in [2.24, 2.45) is 0 Å². The van der Waals surface area contributed by atoms with E-state index in [1.807, 2.05) is 7.05 Å². The van der Waals surface area contributed by atoms with Crippen LogP contribution in [0.4, 0.5) is 10.6 Å². The lowest BCUT2D eigenvalue weighted by atomic mass is 10.3. The fourth-order valence-corrected chi connectivity index (χ4v) is 1.86. The van der Waals surface area contributed by atoms with Gasteiger partial charge in [-0.05, 0) is 7.05 Å². The smallest absolute Gasteiger partial charge is 0.412 e. The van der Waals surface area contributed by atoms with E-state index in [0.29, 0.717) is 13.1 Å². The lowest BCUT2D eigenvalue weighted by Crippen LogP contribution is -2.48. The maximum Gasteiger partial charge on any atom is 0.412 e. The third-order valence-electron chi connectivity index (χ3n) is 3.08. The molecule has 0 atom stereocenters. The second kappa shape index (κ2) is 6.33. The van der Waals surface area contributed by atoms with E-state index in [2.05, 4.69) is 25.2 Å². The highest BCUT2D eigenvalue weighted by molar-refractivity contribution is 5.82. The summed E-state index contributed by atoms with van der Waals surface area (Å²) in [6.45, 7) is 3.22. The number of carbonyl (C=O) groups excluding carboxylic acids is 2. The molecule has 1 aliphatic heterocycles. The van der Waals surface area contributed by atoms with Crippen LogP contribution in [-0.2, 0) is 16.1 Å². The number of aromatic nitrogens is 3. The van der Waals surface area contributed by atoms with Gasteiger partial charge >= 0.3 is 6.09 Å². The highest BCUT2D eigenvalue weighted by Crippen LogP contribution is 2.03. The van der Waals surface area contributed by atoms with Gasteiger partial charge in [-0.2, -0.15) is 9.90 Å². The molecule has 0 aromatic carbocycles. The van der Waals surface area contributed by atoms with Gasteiger partial charge in [0.05, 0.1) is 13.3 Å². The number of nitrogens with zero attached hydrogens (tertiary/aromatic N) is 5. The van der Waals surface area contributed by atoms with Gasteiger partial charge in [0.2, 0.25) is 5.91 Å². The van der Waals surface area contributed by atoms with Crippen molar-refractivity contribution in [2.45, 2.75) is 6.54 Å². The van der Waals surface area contributed by atoms with Crippen LogP contribution in [0.2, 0.25) is 0 Å². The van der Waals surface area contributed by atoms with E-state index in [1.54, 1.807) is 4.90 Å². The van der Waals surface area contributed by atoms with Crippen molar-refractivity contribution in [3.8, 4) is 0 Å². The fourth-order valence-electron chi connectivity index (χ4n) is 1.86. The number of piperazine rings is 1. The molecule has 1 aromatic rings. The van der Waals surface area contributed by atoms with E-state index < -0.39 is 6.09 Å². The average molecular weight is 282 g/mol. The normalized spacial score (nSPS) is 16.0. The van der Waals surface area contributed by atoms with Gasteiger partial charge in [-0.3, -0.25) is 10.1 Å². The van der Waals surface area contributed by atoms with Gasteiger partial charge in [0.15, 0.2) is 5.82 Å². The van der Waals surface area contributed by atoms with Crippen LogP contribution in [0.3, 0.4) is 0 Å². The zero-order valence-electron chi connectivity index (χ0n) is 11.6. The Hall–Kier alpha value is -2.16. The van der Waals surface area contributed by atoms with Crippen molar-refractivity contribution in [3.05, 3.63) is 6.20 Å². The van der Waals surface area contributed by atoms with Crippen LogP contribution in [0.15, 0.2) is 6.20 Å². The van der Waals surface area contributed by atoms with Crippen molar-refractivity contribution in [3.63, 3.8) is 0 Å². The maximum atomic E-state index is 12.1. The van der Waals surface area contributed by atoms with Crippen LogP contribution in [0, 0.1) is 0 Å². The molecule has 1 saturated heterocycles. The summed E-state index contributed by atoms with van der Waals surface area (Å²) in [5.41, 5.74) is 0. The van der Waals surface area contributed by atoms with Crippen LogP contribution in [-0.4, -0.2) is 77.1 Å². The Bertz CT molecular complexity index is 480. The number of hydrogen-bond acceptors (Lipinski definition) is 6. The zero-order chi connectivity index (χ0) is 14.5. The summed E-state index contributed by atoms with van der Waals surface area (Å²) in [7, 11) is 3.29. The molecule has 20 heavy (non-hydrogen) atoms. The molecular weight excluding hydrogens is 264 g/mol. The number of rotatable bonds is 3. The van der Waals surface area contributed by atoms with Gasteiger partial charge in [0, 0.05) is 26.2 Å². The fraction of sp³-hybridized carbons (Fsp3) is 0.636. The summed E-state index contributed by atoms with van der Waals surface area (Å²) in [5.74, 6) is 0.223. The van der Waals surface area contributed by atoms with Crippen molar-refractivity contribution in [1.29, 1.82) is 0 Å². The van der Waals surface area contributed by atoms with Crippen LogP contribution >= 0.6 is 0 Å². The molecule has 0 spiro atoms. The molecule has 0 radical (unpaired) electrons. The lowest BCUT2D eigenvalue weighted by Gasteiger charge is -2.32. The van der Waals surface area contributed by atoms with Crippen molar-refractivity contribution in [2.75, 3.05) is 45.7 Å². The molecule has 0 unspecified atom stereocenters. The topological polar surface area (TPSA) is 92.6 Å². The number of methoxy groups -OCH3 is 1. The Kier molecular flexibility index (Phi) is 4.51. The Morgan fingerprint density at radius 2 is 2.05 bits per heavy atom. The van der Waals surface area contributed by atoms with Crippen molar-refractivity contribution < 1.29 is 14.3 Å². The molecule has 110 valence electrons. The Morgan fingerprint density at radius 1 is 1.35 bits per heavy atom. The summed E-state index contributed by atoms with van der Waals surface area (Å²) < 4.78 is 4.44. The molecule has 1 fully saturated rings. The molecule has 9 nitrogen and oxygen atoms in total. The second-order valence-electron chi connectivity index (χ2n) is 4.56. The molecule has 0 bridgehead atoms. The number of nitrogens with one attached hydrogen (secondary N) is 1. The number of hydrogen-bond donors (Lipinski definition) is 1. The van der Waals surface area contributed by atoms with E-state index in [1.165, 1.54) is 18.1 Å². The quantitative estimate of drug-likeness (QED) is 0.782. The minimum absolute atomic E-state index is 0.0293. The van der Waals surface area contributed by atoms with Gasteiger partial charge < -0.3 is 14.5 Å². The summed E-state index contributed by atoms with van der Waals surface area (Å²) in [4.78, 5) is 28.3. The lowest BCUT2D eigenvalue weighted by molar-refractivity contribution is -0.133. The summed E-state index contributed by atoms with van der Waals surface area (Å²) >= 11 is 0. The van der Waals surface area contributed by atoms with Gasteiger partial charge in [-0.15, -0.1) is 5.10 Å². The summed E-state index contributed by atoms with van der Waals surface area (Å²) in [6, 6.07) is 0. The van der Waals surface area contributed by atoms with Gasteiger partial charge in [-0.1, -0.05) is 0 Å². The SMILES string of the molecule is COC(=O)Nc1cnn(CC(=O)N2CCN(C)CC2)n1. The van der Waals surface area contributed by atoms with Crippen LogP contribution in [0.1, 0.15) is 0 Å². The zero-order valence-corrected chi connectivity index (χ0v) is 11.6. The first-order chi connectivity index (χ1) is 9.58. The minimum atomic E-state index is -0.623. The molecule has 0 aliphatic carbocycles. The third kappa shape index (κ3) is 3.67. The monoisotopic (exact) mass is 282 g/mol. The molecular formula is C11H18N6O3. The van der Waals surface area contributed by atoms with E-state index in [9.17, 15) is 9.59 Å². The number of carbonyl (C=O) groups is 2. The van der Waals surface area contributed by atoms with Crippen molar-refractivity contribution in [1.82, 2.24) is 24.8 Å². The Morgan fingerprint density at radius 3 is 2.70 bits per heavy atom. The number of likely N-dealkylation sites (N-methyl/N-ethyl adjacent to an activating group) is 1. The first kappa shape index (κ1) is 14.3. The average Bonchev–Trinajstić information content (AvgIpc) is 2.86. The standard InChI is InChI=1S/C11H18N6O3/c1-15-3-5-16(6-4-15)10(18)8-17-12-7-9(14-17)13-11(19)20-2/h7H,3-6,8H2,1-2H3,(H,13,14,19). The second-order valence-corrected chi connectivity index (χ2v) is 4.56. The molecule has 1 aromatic heterocycles. The van der Waals surface area contributed by atoms with E-state index in [4.69, 9.17) is 0 Å². The maximum absolute atomic E-state index is 12.1. The minimum Gasteiger partial charge on any atom is -0.453 e. The molecule has 2 rings (SSSR count). The Balaban J connectivity index is 1.86. The predicted molar refractivity (Wildman–Crippen MR) is 70.1 cm³/mol. The molecule has 1 N–H and O–H groups in total. The first-order valence-corrected chi connectivity index (χ1v) is 6.30. The van der Waals surface area contributed by atoms with Gasteiger partial charge in [0.25, 0.3) is 0 Å². The van der Waals surface area contributed by atoms with E-state index >= 15 is 0 Å². The molecule has 0 saturated carbocycles. The molecule has 1 aliphatic rings. The third-order valence-corrected chi connectivity index (χ3v) is 3.08. The number of amides is 2. The predicted octanol–water partition coefficient (Wildman–Crippen LogP) is -0.770. The van der Waals surface area contributed by atoms with E-state index in [-0.39, 0.29) is 18.3 Å². The van der Waals surface area contributed by atoms with Gasteiger partial charge in [-0.25, -0.2) is 4.79 Å². The summed E-state index contributed by atoms with van der Waals surface area (Å²) in [6.07, 6.45) is 0.746. The molecule has 9 heteroatoms. The largest absolute Gasteiger partial charge is 0.453 e. The van der Waals surface area contributed by atoms with Crippen LogP contribution in [0.25, 0.3) is 0 Å². The highest BCUT2D eigenvalue weighted by Gasteiger charge is 2.19. The molecule has 2 amide bonds. The van der Waals surface area contributed by atoms with Gasteiger partial charge in [0.1, 0.15) is 6.54 Å². The van der Waals surface area contributed by atoms with Crippen LogP contribution < -0.4 is 5.32 Å². The number of anilines is 1. The molecule has 2 heterocycles. The van der Waals surface area contributed by atoms with Crippen LogP contribution in [0.5, 0.6) is 0 Å². The first-order valence-electron chi connectivity index (χ1n) is 6.30.